The topological polar surface area (TPSA) is 64.0 Å². The summed E-state index contributed by atoms with van der Waals surface area (Å²) in [5.41, 5.74) is 1.93. The van der Waals surface area contributed by atoms with Crippen LogP contribution in [0.5, 0.6) is 0 Å². The standard InChI is InChI=1S/C14H14FN3O2.C2H6/c1-7-9(15)3-4-10-13(7)8(2)17-18(10)11-5-6-12(19)16-14(11)20;1-2/h3-4,11H,5-6H2,1-2H3,(H,16,19,20);1-2H3. The largest absolute Gasteiger partial charge is 0.295 e. The van der Waals surface area contributed by atoms with Crippen LogP contribution in [0.3, 0.4) is 0 Å². The fraction of sp³-hybridized carbons (Fsp3) is 0.438. The maximum atomic E-state index is 13.6. The van der Waals surface area contributed by atoms with Crippen LogP contribution in [0.25, 0.3) is 10.9 Å². The third-order valence-corrected chi connectivity index (χ3v) is 3.75. The molecule has 1 N–H and O–H groups in total. The van der Waals surface area contributed by atoms with E-state index in [-0.39, 0.29) is 24.1 Å². The summed E-state index contributed by atoms with van der Waals surface area (Å²) < 4.78 is 15.2. The second kappa shape index (κ2) is 6.25. The summed E-state index contributed by atoms with van der Waals surface area (Å²) in [7, 11) is 0. The summed E-state index contributed by atoms with van der Waals surface area (Å²) in [6.07, 6.45) is 0.703. The maximum absolute atomic E-state index is 13.6. The Kier molecular flexibility index (Phi) is 4.59. The first-order chi connectivity index (χ1) is 10.5. The van der Waals surface area contributed by atoms with Gasteiger partial charge in [-0.1, -0.05) is 13.8 Å². The van der Waals surface area contributed by atoms with Crippen LogP contribution in [-0.2, 0) is 9.59 Å². The van der Waals surface area contributed by atoms with Gasteiger partial charge in [0.05, 0.1) is 11.2 Å². The molecule has 2 heterocycles. The lowest BCUT2D eigenvalue weighted by Gasteiger charge is -2.21. The van der Waals surface area contributed by atoms with Gasteiger partial charge < -0.3 is 0 Å². The van der Waals surface area contributed by atoms with Gasteiger partial charge in [-0.15, -0.1) is 0 Å². The third-order valence-electron chi connectivity index (χ3n) is 3.75. The number of nitrogens with one attached hydrogen (secondary N) is 1. The lowest BCUT2D eigenvalue weighted by atomic mass is 10.1. The van der Waals surface area contributed by atoms with Gasteiger partial charge in [0.15, 0.2) is 0 Å². The van der Waals surface area contributed by atoms with E-state index in [1.165, 1.54) is 6.07 Å². The van der Waals surface area contributed by atoms with Gasteiger partial charge in [0.1, 0.15) is 11.9 Å². The smallest absolute Gasteiger partial charge is 0.251 e. The van der Waals surface area contributed by atoms with E-state index < -0.39 is 6.04 Å². The average molecular weight is 305 g/mol. The molecule has 3 rings (SSSR count). The monoisotopic (exact) mass is 305 g/mol. The van der Waals surface area contributed by atoms with E-state index >= 15 is 0 Å². The Balaban J connectivity index is 0.000000847. The highest BCUT2D eigenvalue weighted by Gasteiger charge is 2.30. The minimum absolute atomic E-state index is 0.262. The van der Waals surface area contributed by atoms with Crippen LogP contribution >= 0.6 is 0 Å². The van der Waals surface area contributed by atoms with Gasteiger partial charge in [0, 0.05) is 11.8 Å². The van der Waals surface area contributed by atoms with Crippen molar-refractivity contribution >= 4 is 22.7 Å². The summed E-state index contributed by atoms with van der Waals surface area (Å²) >= 11 is 0. The first-order valence-corrected chi connectivity index (χ1v) is 7.46. The lowest BCUT2D eigenvalue weighted by molar-refractivity contribution is -0.135. The molecular weight excluding hydrogens is 285 g/mol. The highest BCUT2D eigenvalue weighted by molar-refractivity contribution is 6.00. The van der Waals surface area contributed by atoms with E-state index in [9.17, 15) is 14.0 Å². The molecule has 1 unspecified atom stereocenters. The molecule has 22 heavy (non-hydrogen) atoms. The first kappa shape index (κ1) is 16.1. The number of carbonyl (C=O) groups excluding carboxylic acids is 2. The molecule has 0 saturated carbocycles. The van der Waals surface area contributed by atoms with E-state index in [1.807, 2.05) is 13.8 Å². The number of rotatable bonds is 1. The summed E-state index contributed by atoms with van der Waals surface area (Å²) in [6.45, 7) is 7.48. The molecule has 6 heteroatoms. The number of amides is 2. The van der Waals surface area contributed by atoms with Crippen LogP contribution in [0.1, 0.15) is 44.0 Å². The van der Waals surface area contributed by atoms with Gasteiger partial charge >= 0.3 is 0 Å². The molecule has 1 aliphatic rings. The molecule has 1 fully saturated rings. The molecule has 0 bridgehead atoms. The van der Waals surface area contributed by atoms with Crippen LogP contribution < -0.4 is 5.32 Å². The van der Waals surface area contributed by atoms with E-state index in [2.05, 4.69) is 10.4 Å². The number of imide groups is 1. The number of nitrogens with zero attached hydrogens (tertiary/aromatic N) is 2. The van der Waals surface area contributed by atoms with Gasteiger partial charge in [-0.2, -0.15) is 5.10 Å². The molecule has 2 aromatic rings. The molecule has 2 amide bonds. The number of fused-ring (bicyclic) bond motifs is 1. The SMILES string of the molecule is CC.Cc1nn(C2CCC(=O)NC2=O)c2ccc(F)c(C)c12. The number of piperidine rings is 1. The van der Waals surface area contributed by atoms with Crippen LogP contribution in [0.2, 0.25) is 0 Å². The van der Waals surface area contributed by atoms with E-state index in [0.29, 0.717) is 17.7 Å². The van der Waals surface area contributed by atoms with Gasteiger partial charge in [-0.3, -0.25) is 19.6 Å². The quantitative estimate of drug-likeness (QED) is 0.824. The van der Waals surface area contributed by atoms with E-state index in [4.69, 9.17) is 0 Å². The molecule has 1 aliphatic heterocycles. The molecule has 0 aliphatic carbocycles. The number of benzene rings is 1. The second-order valence-electron chi connectivity index (χ2n) is 5.06. The second-order valence-corrected chi connectivity index (χ2v) is 5.06. The van der Waals surface area contributed by atoms with Crippen LogP contribution in [0.15, 0.2) is 12.1 Å². The van der Waals surface area contributed by atoms with Crippen LogP contribution in [0.4, 0.5) is 4.39 Å². The predicted octanol–water partition coefficient (Wildman–Crippen LogP) is 2.80. The fourth-order valence-electron chi connectivity index (χ4n) is 2.74. The van der Waals surface area contributed by atoms with Crippen molar-refractivity contribution in [2.45, 2.75) is 46.6 Å². The normalized spacial score (nSPS) is 18.0. The number of carbonyl (C=O) groups is 2. The van der Waals surface area contributed by atoms with Crippen molar-refractivity contribution in [2.24, 2.45) is 0 Å². The van der Waals surface area contributed by atoms with Gasteiger partial charge in [0.25, 0.3) is 5.91 Å². The van der Waals surface area contributed by atoms with Gasteiger partial charge in [-0.25, -0.2) is 4.39 Å². The van der Waals surface area contributed by atoms with Crippen molar-refractivity contribution in [3.05, 3.63) is 29.2 Å². The van der Waals surface area contributed by atoms with Crippen LogP contribution in [-0.4, -0.2) is 21.6 Å². The minimum atomic E-state index is -0.520. The number of hydrogen-bond donors (Lipinski definition) is 1. The maximum Gasteiger partial charge on any atom is 0.251 e. The van der Waals surface area contributed by atoms with Crippen LogP contribution in [0, 0.1) is 19.7 Å². The number of aryl methyl sites for hydroxylation is 2. The molecule has 1 aromatic heterocycles. The van der Waals surface area contributed by atoms with Crippen molar-refractivity contribution in [1.82, 2.24) is 15.1 Å². The molecule has 0 spiro atoms. The van der Waals surface area contributed by atoms with Gasteiger partial charge in [0.2, 0.25) is 5.91 Å². The average Bonchev–Trinajstić information content (AvgIpc) is 2.82. The first-order valence-electron chi connectivity index (χ1n) is 7.46. The molecule has 1 saturated heterocycles. The number of aromatic nitrogens is 2. The minimum Gasteiger partial charge on any atom is -0.295 e. The molecule has 118 valence electrons. The molecule has 0 radical (unpaired) electrons. The fourth-order valence-corrected chi connectivity index (χ4v) is 2.74. The summed E-state index contributed by atoms with van der Waals surface area (Å²) in [5, 5.41) is 7.41. The Morgan fingerprint density at radius 3 is 2.59 bits per heavy atom. The summed E-state index contributed by atoms with van der Waals surface area (Å²) in [5.74, 6) is -0.905. The zero-order chi connectivity index (χ0) is 16.4. The van der Waals surface area contributed by atoms with E-state index in [1.54, 1.807) is 24.6 Å². The Morgan fingerprint density at radius 2 is 1.95 bits per heavy atom. The zero-order valence-electron chi connectivity index (χ0n) is 13.2. The third kappa shape index (κ3) is 2.61. The number of halogens is 1. The predicted molar refractivity (Wildman–Crippen MR) is 81.9 cm³/mol. The molecule has 5 nitrogen and oxygen atoms in total. The summed E-state index contributed by atoms with van der Waals surface area (Å²) in [6, 6.07) is 2.48. The molecule has 1 aromatic carbocycles. The van der Waals surface area contributed by atoms with Crippen molar-refractivity contribution in [1.29, 1.82) is 0 Å². The molecule has 1 atom stereocenters. The Bertz CT molecular complexity index is 737. The lowest BCUT2D eigenvalue weighted by Crippen LogP contribution is -2.42. The zero-order valence-corrected chi connectivity index (χ0v) is 13.2. The van der Waals surface area contributed by atoms with Crippen molar-refractivity contribution in [3.8, 4) is 0 Å². The Hall–Kier alpha value is -2.24. The highest BCUT2D eigenvalue weighted by atomic mass is 19.1. The van der Waals surface area contributed by atoms with Gasteiger partial charge in [-0.05, 0) is 38.0 Å². The van der Waals surface area contributed by atoms with E-state index in [0.717, 1.165) is 10.9 Å². The highest BCUT2D eigenvalue weighted by Crippen LogP contribution is 2.29. The molecular formula is C16H20FN3O2. The Morgan fingerprint density at radius 1 is 1.27 bits per heavy atom. The Labute approximate surface area is 128 Å². The van der Waals surface area contributed by atoms with Crippen molar-refractivity contribution in [2.75, 3.05) is 0 Å². The summed E-state index contributed by atoms with van der Waals surface area (Å²) in [4.78, 5) is 23.1. The van der Waals surface area contributed by atoms with Crippen molar-refractivity contribution in [3.63, 3.8) is 0 Å². The number of hydrogen-bond acceptors (Lipinski definition) is 3. The van der Waals surface area contributed by atoms with Crippen molar-refractivity contribution < 1.29 is 14.0 Å².